The van der Waals surface area contributed by atoms with E-state index in [1.165, 1.54) is 10.4 Å². The first-order valence-electron chi connectivity index (χ1n) is 6.12. The Balaban J connectivity index is 1.98. The molecule has 0 radical (unpaired) electrons. The summed E-state index contributed by atoms with van der Waals surface area (Å²) in [4.78, 5) is 1.29. The number of nitrogens with zero attached hydrogens (tertiary/aromatic N) is 1. The molecule has 0 aliphatic rings. The molecule has 4 N–H and O–H groups in total. The Bertz CT molecular complexity index is 625. The second-order valence-electron chi connectivity index (χ2n) is 4.42. The first-order chi connectivity index (χ1) is 9.61. The van der Waals surface area contributed by atoms with Crippen molar-refractivity contribution in [3.05, 3.63) is 55.7 Å². The third kappa shape index (κ3) is 3.59. The van der Waals surface area contributed by atoms with Gasteiger partial charge in [-0.1, -0.05) is 17.3 Å². The van der Waals surface area contributed by atoms with Crippen molar-refractivity contribution in [2.75, 3.05) is 0 Å². The van der Waals surface area contributed by atoms with Crippen molar-refractivity contribution in [2.45, 2.75) is 20.0 Å². The van der Waals surface area contributed by atoms with Crippen molar-refractivity contribution in [3.63, 3.8) is 0 Å². The number of rotatable bonds is 5. The van der Waals surface area contributed by atoms with Gasteiger partial charge in [-0.3, -0.25) is 0 Å². The molecule has 4 nitrogen and oxygen atoms in total. The Morgan fingerprint density at radius 3 is 2.80 bits per heavy atom. The maximum Gasteiger partial charge on any atom is 0.170 e. The minimum absolute atomic E-state index is 0.134. The van der Waals surface area contributed by atoms with Gasteiger partial charge in [-0.05, 0) is 51.5 Å². The smallest absolute Gasteiger partial charge is 0.170 e. The predicted molar refractivity (Wildman–Crippen MR) is 86.3 cm³/mol. The lowest BCUT2D eigenvalue weighted by Crippen LogP contribution is -2.15. The molecule has 20 heavy (non-hydrogen) atoms. The average Bonchev–Trinajstić information content (AvgIpc) is 2.85. The van der Waals surface area contributed by atoms with Gasteiger partial charge in [-0.25, -0.2) is 0 Å². The fraction of sp³-hybridized carbons (Fsp3) is 0.214. The maximum atomic E-state index is 8.67. The van der Waals surface area contributed by atoms with Crippen LogP contribution in [0.5, 0.6) is 0 Å². The molecule has 0 atom stereocenters. The number of halogens is 1. The summed E-state index contributed by atoms with van der Waals surface area (Å²) in [6.07, 6.45) is 0. The van der Waals surface area contributed by atoms with Crippen LogP contribution in [0.3, 0.4) is 0 Å². The quantitative estimate of drug-likeness (QED) is 0.334. The van der Waals surface area contributed by atoms with Gasteiger partial charge in [0.05, 0.1) is 0 Å². The first-order valence-corrected chi connectivity index (χ1v) is 7.79. The Morgan fingerprint density at radius 1 is 1.40 bits per heavy atom. The summed E-state index contributed by atoms with van der Waals surface area (Å²) in [5.74, 6) is 0.134. The van der Waals surface area contributed by atoms with Crippen molar-refractivity contribution in [1.82, 2.24) is 5.32 Å². The zero-order valence-electron chi connectivity index (χ0n) is 11.1. The second kappa shape index (κ2) is 6.88. The minimum atomic E-state index is 0.134. The van der Waals surface area contributed by atoms with Crippen molar-refractivity contribution < 1.29 is 5.21 Å². The highest BCUT2D eigenvalue weighted by Crippen LogP contribution is 2.22. The second-order valence-corrected chi connectivity index (χ2v) is 6.28. The molecule has 0 aliphatic heterocycles. The molecule has 2 rings (SSSR count). The van der Waals surface area contributed by atoms with Crippen LogP contribution in [0.1, 0.15) is 21.6 Å². The van der Waals surface area contributed by atoms with E-state index in [9.17, 15) is 0 Å². The number of amidine groups is 1. The molecule has 0 saturated heterocycles. The number of aryl methyl sites for hydroxylation is 1. The highest BCUT2D eigenvalue weighted by molar-refractivity contribution is 9.10. The number of oxime groups is 1. The first kappa shape index (κ1) is 15.0. The third-order valence-electron chi connectivity index (χ3n) is 3.04. The van der Waals surface area contributed by atoms with E-state index in [-0.39, 0.29) is 5.84 Å². The van der Waals surface area contributed by atoms with E-state index in [4.69, 9.17) is 10.9 Å². The molecule has 106 valence electrons. The van der Waals surface area contributed by atoms with Crippen LogP contribution in [0.2, 0.25) is 0 Å². The monoisotopic (exact) mass is 353 g/mol. The Hall–Kier alpha value is -1.37. The van der Waals surface area contributed by atoms with E-state index >= 15 is 0 Å². The summed E-state index contributed by atoms with van der Waals surface area (Å²) < 4.78 is 1.15. The Labute approximate surface area is 130 Å². The van der Waals surface area contributed by atoms with Gasteiger partial charge in [0.15, 0.2) is 5.84 Å². The van der Waals surface area contributed by atoms with Crippen LogP contribution in [-0.4, -0.2) is 11.0 Å². The third-order valence-corrected chi connectivity index (χ3v) is 4.96. The van der Waals surface area contributed by atoms with Gasteiger partial charge in [0, 0.05) is 28.0 Å². The molecule has 1 aromatic heterocycles. The summed E-state index contributed by atoms with van der Waals surface area (Å²) in [5.41, 5.74) is 8.62. The van der Waals surface area contributed by atoms with Gasteiger partial charge in [-0.15, -0.1) is 11.3 Å². The molecular weight excluding hydrogens is 338 g/mol. The summed E-state index contributed by atoms with van der Waals surface area (Å²) in [5, 5.41) is 17.2. The van der Waals surface area contributed by atoms with E-state index < -0.39 is 0 Å². The standard InChI is InChI=1S/C14H16BrN3OS/c1-9-6-10(14(16)18-19)2-3-11(9)7-17-8-13-12(15)4-5-20-13/h2-6,17,19H,7-8H2,1H3,(H2,16,18). The topological polar surface area (TPSA) is 70.6 Å². The number of thiophene rings is 1. The van der Waals surface area contributed by atoms with Crippen molar-refractivity contribution in [2.24, 2.45) is 10.9 Å². The molecular formula is C14H16BrN3OS. The largest absolute Gasteiger partial charge is 0.409 e. The van der Waals surface area contributed by atoms with Gasteiger partial charge >= 0.3 is 0 Å². The number of nitrogens with one attached hydrogen (secondary N) is 1. The number of hydrogen-bond acceptors (Lipinski definition) is 4. The molecule has 0 amide bonds. The molecule has 0 spiro atoms. The van der Waals surface area contributed by atoms with Gasteiger partial charge in [0.1, 0.15) is 0 Å². The van der Waals surface area contributed by atoms with Gasteiger partial charge in [-0.2, -0.15) is 0 Å². The molecule has 0 aliphatic carbocycles. The van der Waals surface area contributed by atoms with E-state index in [2.05, 4.69) is 37.8 Å². The zero-order valence-corrected chi connectivity index (χ0v) is 13.5. The summed E-state index contributed by atoms with van der Waals surface area (Å²) in [6, 6.07) is 7.84. The van der Waals surface area contributed by atoms with Crippen molar-refractivity contribution in [1.29, 1.82) is 0 Å². The van der Waals surface area contributed by atoms with Crippen LogP contribution in [0.25, 0.3) is 0 Å². The molecule has 1 heterocycles. The predicted octanol–water partition coefficient (Wildman–Crippen LogP) is 3.20. The van der Waals surface area contributed by atoms with E-state index in [1.54, 1.807) is 11.3 Å². The number of hydrogen-bond donors (Lipinski definition) is 3. The summed E-state index contributed by atoms with van der Waals surface area (Å²) in [6.45, 7) is 3.64. The highest BCUT2D eigenvalue weighted by Gasteiger charge is 2.05. The fourth-order valence-corrected chi connectivity index (χ4v) is 3.34. The zero-order chi connectivity index (χ0) is 14.5. The maximum absolute atomic E-state index is 8.67. The van der Waals surface area contributed by atoms with Crippen LogP contribution < -0.4 is 11.1 Å². The van der Waals surface area contributed by atoms with Crippen LogP contribution in [-0.2, 0) is 13.1 Å². The summed E-state index contributed by atoms with van der Waals surface area (Å²) in [7, 11) is 0. The minimum Gasteiger partial charge on any atom is -0.409 e. The van der Waals surface area contributed by atoms with E-state index in [0.29, 0.717) is 0 Å². The number of nitrogens with two attached hydrogens (primary N) is 1. The van der Waals surface area contributed by atoms with Crippen LogP contribution >= 0.6 is 27.3 Å². The lowest BCUT2D eigenvalue weighted by molar-refractivity contribution is 0.318. The van der Waals surface area contributed by atoms with Crippen LogP contribution in [0.4, 0.5) is 0 Å². The molecule has 6 heteroatoms. The van der Waals surface area contributed by atoms with Crippen LogP contribution in [0, 0.1) is 6.92 Å². The molecule has 0 fully saturated rings. The number of benzene rings is 1. The van der Waals surface area contributed by atoms with Gasteiger partial charge in [0.25, 0.3) is 0 Å². The van der Waals surface area contributed by atoms with Gasteiger partial charge in [0.2, 0.25) is 0 Å². The molecule has 0 saturated carbocycles. The lowest BCUT2D eigenvalue weighted by atomic mass is 10.0. The SMILES string of the molecule is Cc1cc(/C(N)=N/O)ccc1CNCc1sccc1Br. The van der Waals surface area contributed by atoms with Crippen LogP contribution in [0.15, 0.2) is 39.3 Å². The molecule has 1 aromatic carbocycles. The highest BCUT2D eigenvalue weighted by atomic mass is 79.9. The molecule has 0 unspecified atom stereocenters. The lowest BCUT2D eigenvalue weighted by Gasteiger charge is -2.09. The van der Waals surface area contributed by atoms with E-state index in [0.717, 1.165) is 28.7 Å². The Morgan fingerprint density at radius 2 is 2.20 bits per heavy atom. The van der Waals surface area contributed by atoms with E-state index in [1.807, 2.05) is 25.1 Å². The van der Waals surface area contributed by atoms with Gasteiger partial charge < -0.3 is 16.3 Å². The fourth-order valence-electron chi connectivity index (χ4n) is 1.87. The Kier molecular flexibility index (Phi) is 5.17. The summed E-state index contributed by atoms with van der Waals surface area (Å²) >= 11 is 5.25. The van der Waals surface area contributed by atoms with Crippen molar-refractivity contribution in [3.8, 4) is 0 Å². The van der Waals surface area contributed by atoms with Crippen molar-refractivity contribution >= 4 is 33.1 Å². The molecule has 0 bridgehead atoms. The molecule has 2 aromatic rings. The normalized spacial score (nSPS) is 11.8. The average molecular weight is 354 g/mol.